The summed E-state index contributed by atoms with van der Waals surface area (Å²) in [4.78, 5) is 17.6. The Morgan fingerprint density at radius 3 is 2.80 bits per heavy atom. The zero-order valence-electron chi connectivity index (χ0n) is 11.4. The lowest BCUT2D eigenvalue weighted by molar-refractivity contribution is -0.126. The lowest BCUT2D eigenvalue weighted by Crippen LogP contribution is -2.41. The molecule has 1 aliphatic rings. The molecule has 0 spiro atoms. The van der Waals surface area contributed by atoms with E-state index in [0.717, 1.165) is 0 Å². The van der Waals surface area contributed by atoms with Gasteiger partial charge in [-0.1, -0.05) is 0 Å². The van der Waals surface area contributed by atoms with Gasteiger partial charge in [-0.15, -0.1) is 0 Å². The van der Waals surface area contributed by atoms with Crippen LogP contribution in [0.2, 0.25) is 0 Å². The van der Waals surface area contributed by atoms with E-state index in [1.807, 2.05) is 0 Å². The van der Waals surface area contributed by atoms with Gasteiger partial charge in [-0.2, -0.15) is 0 Å². The van der Waals surface area contributed by atoms with Crippen LogP contribution in [0.5, 0.6) is 0 Å². The molecule has 1 aromatic rings. The van der Waals surface area contributed by atoms with Gasteiger partial charge >= 0.3 is 0 Å². The van der Waals surface area contributed by atoms with E-state index in [2.05, 4.69) is 10.3 Å². The summed E-state index contributed by atoms with van der Waals surface area (Å²) >= 11 is 0. The Hall–Kier alpha value is -1.50. The second kappa shape index (κ2) is 6.78. The van der Waals surface area contributed by atoms with Gasteiger partial charge in [0.15, 0.2) is 5.89 Å². The van der Waals surface area contributed by atoms with Crippen molar-refractivity contribution < 1.29 is 18.0 Å². The largest absolute Gasteiger partial charge is 0.444 e. The SMILES string of the molecule is Cc1ncc(CNC(=O)C2CCN(CC(F)F)CC2)o1. The zero-order valence-corrected chi connectivity index (χ0v) is 11.4. The molecule has 1 saturated heterocycles. The molecule has 0 unspecified atom stereocenters. The van der Waals surface area contributed by atoms with Gasteiger partial charge in [0.25, 0.3) is 6.43 Å². The summed E-state index contributed by atoms with van der Waals surface area (Å²) < 4.78 is 29.8. The fraction of sp³-hybridized carbons (Fsp3) is 0.692. The highest BCUT2D eigenvalue weighted by molar-refractivity contribution is 5.78. The first-order chi connectivity index (χ1) is 9.54. The van der Waals surface area contributed by atoms with Crippen LogP contribution in [0.1, 0.15) is 24.5 Å². The Labute approximate surface area is 116 Å². The summed E-state index contributed by atoms with van der Waals surface area (Å²) in [5.74, 6) is 1.03. The van der Waals surface area contributed by atoms with Crippen molar-refractivity contribution in [3.63, 3.8) is 0 Å². The van der Waals surface area contributed by atoms with E-state index in [0.29, 0.717) is 44.1 Å². The Morgan fingerprint density at radius 2 is 2.25 bits per heavy atom. The molecule has 0 aromatic carbocycles. The first kappa shape index (κ1) is 14.9. The Bertz CT molecular complexity index is 443. The summed E-state index contributed by atoms with van der Waals surface area (Å²) in [6.07, 6.45) is 0.512. The molecule has 2 rings (SSSR count). The molecule has 2 heterocycles. The fourth-order valence-electron chi connectivity index (χ4n) is 2.38. The molecule has 5 nitrogen and oxygen atoms in total. The molecule has 1 amide bonds. The maximum Gasteiger partial charge on any atom is 0.251 e. The second-order valence-corrected chi connectivity index (χ2v) is 5.03. The van der Waals surface area contributed by atoms with Crippen molar-refractivity contribution in [2.75, 3.05) is 19.6 Å². The number of hydrogen-bond donors (Lipinski definition) is 1. The van der Waals surface area contributed by atoms with E-state index in [4.69, 9.17) is 4.42 Å². The van der Waals surface area contributed by atoms with E-state index in [-0.39, 0.29) is 18.4 Å². The molecule has 0 saturated carbocycles. The Morgan fingerprint density at radius 1 is 1.55 bits per heavy atom. The zero-order chi connectivity index (χ0) is 14.5. The number of amides is 1. The average molecular weight is 287 g/mol. The molecule has 1 aromatic heterocycles. The van der Waals surface area contributed by atoms with Crippen LogP contribution >= 0.6 is 0 Å². The van der Waals surface area contributed by atoms with Gasteiger partial charge in [-0.05, 0) is 25.9 Å². The number of oxazole rings is 1. The number of rotatable bonds is 5. The maximum absolute atomic E-state index is 12.2. The predicted molar refractivity (Wildman–Crippen MR) is 68.3 cm³/mol. The molecular weight excluding hydrogens is 268 g/mol. The van der Waals surface area contributed by atoms with Crippen LogP contribution in [0.3, 0.4) is 0 Å². The van der Waals surface area contributed by atoms with Gasteiger partial charge in [0, 0.05) is 12.8 Å². The number of carbonyl (C=O) groups excluding carboxylic acids is 1. The second-order valence-electron chi connectivity index (χ2n) is 5.03. The third-order valence-corrected chi connectivity index (χ3v) is 3.46. The third kappa shape index (κ3) is 4.26. The smallest absolute Gasteiger partial charge is 0.251 e. The lowest BCUT2D eigenvalue weighted by atomic mass is 9.96. The van der Waals surface area contributed by atoms with Crippen molar-refractivity contribution in [1.82, 2.24) is 15.2 Å². The van der Waals surface area contributed by atoms with Gasteiger partial charge in [0.05, 0.1) is 19.3 Å². The highest BCUT2D eigenvalue weighted by atomic mass is 19.3. The summed E-state index contributed by atoms with van der Waals surface area (Å²) in [5.41, 5.74) is 0. The average Bonchev–Trinajstić information content (AvgIpc) is 2.82. The number of carbonyl (C=O) groups is 1. The quantitative estimate of drug-likeness (QED) is 0.893. The minimum atomic E-state index is -2.31. The van der Waals surface area contributed by atoms with E-state index in [9.17, 15) is 13.6 Å². The van der Waals surface area contributed by atoms with Gasteiger partial charge in [0.2, 0.25) is 5.91 Å². The Kier molecular flexibility index (Phi) is 5.05. The summed E-state index contributed by atoms with van der Waals surface area (Å²) in [6.45, 7) is 2.94. The van der Waals surface area contributed by atoms with E-state index >= 15 is 0 Å². The minimum absolute atomic E-state index is 0.0456. The number of aromatic nitrogens is 1. The van der Waals surface area contributed by atoms with Crippen molar-refractivity contribution in [1.29, 1.82) is 0 Å². The number of piperidine rings is 1. The molecule has 0 radical (unpaired) electrons. The molecule has 1 N–H and O–H groups in total. The van der Waals surface area contributed by atoms with Crippen molar-refractivity contribution in [3.05, 3.63) is 17.8 Å². The monoisotopic (exact) mass is 287 g/mol. The molecule has 112 valence electrons. The van der Waals surface area contributed by atoms with Gasteiger partial charge in [0.1, 0.15) is 5.76 Å². The molecule has 7 heteroatoms. The molecule has 0 atom stereocenters. The number of aryl methyl sites for hydroxylation is 1. The van der Waals surface area contributed by atoms with Gasteiger partial charge < -0.3 is 9.73 Å². The van der Waals surface area contributed by atoms with E-state index in [1.165, 1.54) is 0 Å². The first-order valence-corrected chi connectivity index (χ1v) is 6.74. The van der Waals surface area contributed by atoms with Gasteiger partial charge in [-0.3, -0.25) is 9.69 Å². The number of nitrogens with zero attached hydrogens (tertiary/aromatic N) is 2. The topological polar surface area (TPSA) is 58.4 Å². The van der Waals surface area contributed by atoms with Crippen molar-refractivity contribution >= 4 is 5.91 Å². The highest BCUT2D eigenvalue weighted by Gasteiger charge is 2.26. The molecular formula is C13H19F2N3O2. The number of nitrogens with one attached hydrogen (secondary N) is 1. The Balaban J connectivity index is 1.72. The van der Waals surface area contributed by atoms with Crippen LogP contribution in [0.4, 0.5) is 8.78 Å². The molecule has 1 fully saturated rings. The number of likely N-dealkylation sites (tertiary alicyclic amines) is 1. The predicted octanol–water partition coefficient (Wildman–Crippen LogP) is 1.58. The standard InChI is InChI=1S/C13H19F2N3O2/c1-9-16-6-11(20-9)7-17-13(19)10-2-4-18(5-3-10)8-12(14)15/h6,10,12H,2-5,7-8H2,1H3,(H,17,19). The van der Waals surface area contributed by atoms with Crippen LogP contribution in [0.25, 0.3) is 0 Å². The fourth-order valence-corrected chi connectivity index (χ4v) is 2.38. The summed E-state index contributed by atoms with van der Waals surface area (Å²) in [6, 6.07) is 0. The van der Waals surface area contributed by atoms with E-state index in [1.54, 1.807) is 18.0 Å². The summed E-state index contributed by atoms with van der Waals surface area (Å²) in [5, 5.41) is 2.80. The van der Waals surface area contributed by atoms with Gasteiger partial charge in [-0.25, -0.2) is 13.8 Å². The first-order valence-electron chi connectivity index (χ1n) is 6.74. The van der Waals surface area contributed by atoms with Crippen LogP contribution < -0.4 is 5.32 Å². The number of hydrogen-bond acceptors (Lipinski definition) is 4. The minimum Gasteiger partial charge on any atom is -0.444 e. The molecule has 0 bridgehead atoms. The lowest BCUT2D eigenvalue weighted by Gasteiger charge is -2.30. The summed E-state index contributed by atoms with van der Waals surface area (Å²) in [7, 11) is 0. The highest BCUT2D eigenvalue weighted by Crippen LogP contribution is 2.18. The van der Waals surface area contributed by atoms with Crippen LogP contribution in [-0.4, -0.2) is 41.9 Å². The normalized spacial score (nSPS) is 17.6. The van der Waals surface area contributed by atoms with E-state index < -0.39 is 6.43 Å². The molecule has 0 aliphatic carbocycles. The van der Waals surface area contributed by atoms with Crippen LogP contribution in [0.15, 0.2) is 10.6 Å². The third-order valence-electron chi connectivity index (χ3n) is 3.46. The maximum atomic E-state index is 12.2. The number of halogens is 2. The van der Waals surface area contributed by atoms with Crippen molar-refractivity contribution in [2.24, 2.45) is 5.92 Å². The van der Waals surface area contributed by atoms with Crippen LogP contribution in [-0.2, 0) is 11.3 Å². The molecule has 20 heavy (non-hydrogen) atoms. The van der Waals surface area contributed by atoms with Crippen molar-refractivity contribution in [3.8, 4) is 0 Å². The van der Waals surface area contributed by atoms with Crippen LogP contribution in [0, 0.1) is 12.8 Å². The molecule has 1 aliphatic heterocycles. The number of alkyl halides is 2. The van der Waals surface area contributed by atoms with Crippen molar-refractivity contribution in [2.45, 2.75) is 32.7 Å².